The fourth-order valence-corrected chi connectivity index (χ4v) is 2.39. The Labute approximate surface area is 141 Å². The predicted octanol–water partition coefficient (Wildman–Crippen LogP) is 3.24. The van der Waals surface area contributed by atoms with Gasteiger partial charge in [-0.15, -0.1) is 11.3 Å². The number of nitrogens with one attached hydrogen (secondary N) is 1. The van der Waals surface area contributed by atoms with Gasteiger partial charge < -0.3 is 10.1 Å². The largest absolute Gasteiger partial charge is 0.449 e. The summed E-state index contributed by atoms with van der Waals surface area (Å²) in [5.74, 6) is -1.32. The van der Waals surface area contributed by atoms with Gasteiger partial charge in [-0.2, -0.15) is 0 Å². The van der Waals surface area contributed by atoms with Crippen molar-refractivity contribution < 1.29 is 19.2 Å². The van der Waals surface area contributed by atoms with Gasteiger partial charge in [0.05, 0.1) is 4.92 Å². The minimum absolute atomic E-state index is 0.0459. The van der Waals surface area contributed by atoms with Gasteiger partial charge in [0.25, 0.3) is 11.6 Å². The van der Waals surface area contributed by atoms with Crippen LogP contribution in [0.15, 0.2) is 47.9 Å². The van der Waals surface area contributed by atoms with Crippen LogP contribution in [0.25, 0.3) is 6.08 Å². The highest BCUT2D eigenvalue weighted by atomic mass is 32.1. The number of carbonyl (C=O) groups is 2. The van der Waals surface area contributed by atoms with Crippen LogP contribution in [0.5, 0.6) is 0 Å². The molecule has 0 aliphatic heterocycles. The van der Waals surface area contributed by atoms with Crippen LogP contribution in [0.4, 0.5) is 11.4 Å². The average Bonchev–Trinajstić information content (AvgIpc) is 3.06. The molecule has 1 amide bonds. The molecule has 8 heteroatoms. The third-order valence-corrected chi connectivity index (χ3v) is 3.79. The Morgan fingerprint density at radius 2 is 2.04 bits per heavy atom. The first kappa shape index (κ1) is 17.4. The van der Waals surface area contributed by atoms with Crippen LogP contribution >= 0.6 is 11.3 Å². The van der Waals surface area contributed by atoms with Crippen LogP contribution in [0, 0.1) is 10.1 Å². The van der Waals surface area contributed by atoms with E-state index in [-0.39, 0.29) is 11.4 Å². The van der Waals surface area contributed by atoms with Gasteiger partial charge in [0, 0.05) is 17.0 Å². The molecule has 1 N–H and O–H groups in total. The van der Waals surface area contributed by atoms with E-state index >= 15 is 0 Å². The second kappa shape index (κ2) is 8.02. The first-order chi connectivity index (χ1) is 11.5. The number of hydrogen-bond donors (Lipinski definition) is 1. The van der Waals surface area contributed by atoms with Gasteiger partial charge in [0.15, 0.2) is 6.10 Å². The van der Waals surface area contributed by atoms with Crippen molar-refractivity contribution in [3.8, 4) is 0 Å². The number of benzene rings is 1. The summed E-state index contributed by atoms with van der Waals surface area (Å²) in [5, 5.41) is 15.2. The monoisotopic (exact) mass is 346 g/mol. The smallest absolute Gasteiger partial charge is 0.331 e. The summed E-state index contributed by atoms with van der Waals surface area (Å²) in [6.07, 6.45) is 1.71. The molecule has 24 heavy (non-hydrogen) atoms. The molecule has 0 spiro atoms. The minimum atomic E-state index is -1.09. The van der Waals surface area contributed by atoms with Gasteiger partial charge in [0.1, 0.15) is 5.69 Å². The normalized spacial score (nSPS) is 11.9. The van der Waals surface area contributed by atoms with Crippen molar-refractivity contribution in [3.05, 3.63) is 62.8 Å². The fourth-order valence-electron chi connectivity index (χ4n) is 1.78. The van der Waals surface area contributed by atoms with Gasteiger partial charge in [-0.3, -0.25) is 14.9 Å². The second-order valence-electron chi connectivity index (χ2n) is 4.69. The topological polar surface area (TPSA) is 98.5 Å². The molecule has 0 saturated carbocycles. The van der Waals surface area contributed by atoms with Gasteiger partial charge in [0.2, 0.25) is 0 Å². The summed E-state index contributed by atoms with van der Waals surface area (Å²) < 4.78 is 4.98. The molecule has 0 bridgehead atoms. The lowest BCUT2D eigenvalue weighted by Gasteiger charge is -2.12. The molecule has 1 aromatic heterocycles. The van der Waals surface area contributed by atoms with E-state index in [0.717, 1.165) is 4.88 Å². The molecule has 0 aliphatic rings. The highest BCUT2D eigenvalue weighted by molar-refractivity contribution is 7.10. The Balaban J connectivity index is 1.95. The van der Waals surface area contributed by atoms with Crippen molar-refractivity contribution in [3.63, 3.8) is 0 Å². The fraction of sp³-hybridized carbons (Fsp3) is 0.125. The summed E-state index contributed by atoms with van der Waals surface area (Å²) in [6.45, 7) is 1.39. The average molecular weight is 346 g/mol. The molecule has 0 fully saturated rings. The number of amides is 1. The molecular formula is C16H14N2O5S. The van der Waals surface area contributed by atoms with Gasteiger partial charge in [-0.05, 0) is 30.5 Å². The van der Waals surface area contributed by atoms with Gasteiger partial charge >= 0.3 is 5.97 Å². The van der Waals surface area contributed by atoms with E-state index in [2.05, 4.69) is 5.32 Å². The predicted molar refractivity (Wildman–Crippen MR) is 90.6 cm³/mol. The van der Waals surface area contributed by atoms with Crippen LogP contribution in [-0.4, -0.2) is 22.9 Å². The molecular weight excluding hydrogens is 332 g/mol. The quantitative estimate of drug-likeness (QED) is 0.375. The Kier molecular flexibility index (Phi) is 5.80. The van der Waals surface area contributed by atoms with Crippen LogP contribution in [0.2, 0.25) is 0 Å². The van der Waals surface area contributed by atoms with Crippen molar-refractivity contribution in [1.82, 2.24) is 0 Å². The number of hydrogen-bond acceptors (Lipinski definition) is 6. The number of nitro benzene ring substituents is 1. The molecule has 2 aromatic rings. The van der Waals surface area contributed by atoms with E-state index < -0.39 is 22.9 Å². The third kappa shape index (κ3) is 4.75. The number of nitrogens with zero attached hydrogens (tertiary/aromatic N) is 1. The van der Waals surface area contributed by atoms with Crippen LogP contribution < -0.4 is 5.32 Å². The van der Waals surface area contributed by atoms with E-state index in [1.54, 1.807) is 12.1 Å². The van der Waals surface area contributed by atoms with Gasteiger partial charge in [-0.1, -0.05) is 18.2 Å². The number of carbonyl (C=O) groups excluding carboxylic acids is 2. The molecule has 1 heterocycles. The summed E-state index contributed by atoms with van der Waals surface area (Å²) in [5.41, 5.74) is -0.188. The molecule has 7 nitrogen and oxygen atoms in total. The van der Waals surface area contributed by atoms with Crippen molar-refractivity contribution >= 4 is 40.7 Å². The molecule has 0 radical (unpaired) electrons. The molecule has 2 rings (SSSR count). The minimum Gasteiger partial charge on any atom is -0.449 e. The zero-order chi connectivity index (χ0) is 17.5. The first-order valence-electron chi connectivity index (χ1n) is 6.94. The number of anilines is 1. The molecule has 0 aliphatic carbocycles. The lowest BCUT2D eigenvalue weighted by molar-refractivity contribution is -0.383. The van der Waals surface area contributed by atoms with Crippen LogP contribution in [0.3, 0.4) is 0 Å². The standard InChI is InChI=1S/C16H14N2O5S/c1-11(23-15(19)9-8-12-5-4-10-24-12)16(20)17-13-6-2-3-7-14(13)18(21)22/h2-11H,1H3,(H,17,20)/b9-8+. The summed E-state index contributed by atoms with van der Waals surface area (Å²) in [7, 11) is 0. The number of nitro groups is 1. The van der Waals surface area contributed by atoms with E-state index in [0.29, 0.717) is 0 Å². The van der Waals surface area contributed by atoms with Crippen molar-refractivity contribution in [2.45, 2.75) is 13.0 Å². The third-order valence-electron chi connectivity index (χ3n) is 2.95. The lowest BCUT2D eigenvalue weighted by Crippen LogP contribution is -2.29. The van der Waals surface area contributed by atoms with E-state index in [1.807, 2.05) is 17.5 Å². The van der Waals surface area contributed by atoms with E-state index in [1.165, 1.54) is 42.5 Å². The number of para-hydroxylation sites is 2. The maximum Gasteiger partial charge on any atom is 0.331 e. The maximum absolute atomic E-state index is 12.0. The van der Waals surface area contributed by atoms with E-state index in [9.17, 15) is 19.7 Å². The highest BCUT2D eigenvalue weighted by Gasteiger charge is 2.20. The van der Waals surface area contributed by atoms with Gasteiger partial charge in [-0.25, -0.2) is 4.79 Å². The first-order valence-corrected chi connectivity index (χ1v) is 7.82. The number of ether oxygens (including phenoxy) is 1. The number of thiophene rings is 1. The van der Waals surface area contributed by atoms with E-state index in [4.69, 9.17) is 4.74 Å². The number of rotatable bonds is 6. The Morgan fingerprint density at radius 1 is 1.29 bits per heavy atom. The molecule has 1 aromatic carbocycles. The molecule has 1 atom stereocenters. The summed E-state index contributed by atoms with van der Waals surface area (Å²) >= 11 is 1.46. The Hall–Kier alpha value is -3.00. The zero-order valence-electron chi connectivity index (χ0n) is 12.7. The lowest BCUT2D eigenvalue weighted by atomic mass is 10.2. The number of esters is 1. The van der Waals surface area contributed by atoms with Crippen molar-refractivity contribution in [1.29, 1.82) is 0 Å². The van der Waals surface area contributed by atoms with Crippen molar-refractivity contribution in [2.24, 2.45) is 0 Å². The second-order valence-corrected chi connectivity index (χ2v) is 5.67. The summed E-state index contributed by atoms with van der Waals surface area (Å²) in [4.78, 5) is 34.9. The van der Waals surface area contributed by atoms with Crippen LogP contribution in [0.1, 0.15) is 11.8 Å². The Morgan fingerprint density at radius 3 is 2.71 bits per heavy atom. The Bertz CT molecular complexity index is 771. The molecule has 0 saturated heterocycles. The SMILES string of the molecule is CC(OC(=O)/C=C/c1cccs1)C(=O)Nc1ccccc1[N+](=O)[O-]. The highest BCUT2D eigenvalue weighted by Crippen LogP contribution is 2.23. The summed E-state index contributed by atoms with van der Waals surface area (Å²) in [6, 6.07) is 9.41. The molecule has 124 valence electrons. The zero-order valence-corrected chi connectivity index (χ0v) is 13.5. The van der Waals surface area contributed by atoms with Crippen molar-refractivity contribution in [2.75, 3.05) is 5.32 Å². The maximum atomic E-state index is 12.0. The van der Waals surface area contributed by atoms with Crippen LogP contribution in [-0.2, 0) is 14.3 Å². The molecule has 1 unspecified atom stereocenters.